The molecule has 0 bridgehead atoms. The molecule has 0 aromatic carbocycles. The summed E-state index contributed by atoms with van der Waals surface area (Å²) in [5, 5.41) is 0. The van der Waals surface area contributed by atoms with E-state index in [0.29, 0.717) is 19.6 Å². The Labute approximate surface area is 186 Å². The molecule has 30 heavy (non-hydrogen) atoms. The highest BCUT2D eigenvalue weighted by Crippen LogP contribution is 2.22. The minimum atomic E-state index is -0.552. The molecule has 0 saturated carbocycles. The third kappa shape index (κ3) is 14.4. The van der Waals surface area contributed by atoms with Crippen LogP contribution in [0.15, 0.2) is 0 Å². The monoisotopic (exact) mass is 426 g/mol. The number of rotatable bonds is 19. The number of ether oxygens (including phenoxy) is 3. The Balaban J connectivity index is 1.77. The average Bonchev–Trinajstić information content (AvgIpc) is 3.08. The molecule has 4 heteroatoms. The van der Waals surface area contributed by atoms with Gasteiger partial charge in [-0.3, -0.25) is 4.79 Å². The molecule has 1 unspecified atom stereocenters. The molecule has 0 N–H and O–H groups in total. The molecular weight excluding hydrogens is 376 g/mol. The lowest BCUT2D eigenvalue weighted by Gasteiger charge is -2.16. The van der Waals surface area contributed by atoms with E-state index >= 15 is 0 Å². The number of esters is 1. The van der Waals surface area contributed by atoms with E-state index in [2.05, 4.69) is 13.8 Å². The van der Waals surface area contributed by atoms with Crippen molar-refractivity contribution in [2.24, 2.45) is 5.92 Å². The van der Waals surface area contributed by atoms with Crippen LogP contribution in [0.2, 0.25) is 0 Å². The van der Waals surface area contributed by atoms with Gasteiger partial charge in [-0.05, 0) is 26.2 Å². The van der Waals surface area contributed by atoms with Crippen molar-refractivity contribution in [1.29, 1.82) is 0 Å². The Bertz CT molecular complexity index is 417. The van der Waals surface area contributed by atoms with E-state index < -0.39 is 5.79 Å². The first-order valence-electron chi connectivity index (χ1n) is 12.9. The first-order chi connectivity index (χ1) is 14.5. The van der Waals surface area contributed by atoms with Crippen LogP contribution in [0.25, 0.3) is 0 Å². The zero-order valence-electron chi connectivity index (χ0n) is 20.5. The Kier molecular flexibility index (Phi) is 15.5. The SMILES string of the molecule is CCC(CC)CCCCCCCCCCCCCCC(=O)OCC1COC(C)(C)O1. The zero-order valence-corrected chi connectivity index (χ0v) is 20.5. The summed E-state index contributed by atoms with van der Waals surface area (Å²) in [4.78, 5) is 11.8. The second-order valence-corrected chi connectivity index (χ2v) is 9.60. The molecule has 0 aromatic heterocycles. The second-order valence-electron chi connectivity index (χ2n) is 9.60. The molecule has 1 fully saturated rings. The normalized spacial score (nSPS) is 18.2. The summed E-state index contributed by atoms with van der Waals surface area (Å²) >= 11 is 0. The van der Waals surface area contributed by atoms with Gasteiger partial charge in [0, 0.05) is 6.42 Å². The summed E-state index contributed by atoms with van der Waals surface area (Å²) in [6, 6.07) is 0. The van der Waals surface area contributed by atoms with Gasteiger partial charge in [0.2, 0.25) is 0 Å². The molecule has 1 saturated heterocycles. The van der Waals surface area contributed by atoms with Crippen molar-refractivity contribution in [1.82, 2.24) is 0 Å². The first kappa shape index (κ1) is 27.4. The van der Waals surface area contributed by atoms with Gasteiger partial charge in [-0.15, -0.1) is 0 Å². The van der Waals surface area contributed by atoms with Crippen LogP contribution in [0.4, 0.5) is 0 Å². The van der Waals surface area contributed by atoms with Crippen LogP contribution in [-0.2, 0) is 19.0 Å². The summed E-state index contributed by atoms with van der Waals surface area (Å²) in [5.41, 5.74) is 0. The van der Waals surface area contributed by atoms with E-state index in [9.17, 15) is 4.79 Å². The van der Waals surface area contributed by atoms with Gasteiger partial charge in [-0.25, -0.2) is 0 Å². The average molecular weight is 427 g/mol. The molecule has 0 spiro atoms. The molecule has 1 aliphatic rings. The highest BCUT2D eigenvalue weighted by Gasteiger charge is 2.33. The Hall–Kier alpha value is -0.610. The topological polar surface area (TPSA) is 44.8 Å². The summed E-state index contributed by atoms with van der Waals surface area (Å²) < 4.78 is 16.4. The van der Waals surface area contributed by atoms with E-state index in [-0.39, 0.29) is 12.1 Å². The van der Waals surface area contributed by atoms with Gasteiger partial charge in [-0.1, -0.05) is 104 Å². The van der Waals surface area contributed by atoms with Crippen molar-refractivity contribution in [3.8, 4) is 0 Å². The number of carbonyl (C=O) groups excluding carboxylic acids is 1. The highest BCUT2D eigenvalue weighted by atomic mass is 16.7. The molecule has 1 rings (SSSR count). The van der Waals surface area contributed by atoms with Crippen LogP contribution in [-0.4, -0.2) is 31.1 Å². The highest BCUT2D eigenvalue weighted by molar-refractivity contribution is 5.69. The molecule has 0 aromatic rings. The van der Waals surface area contributed by atoms with Crippen LogP contribution in [0.3, 0.4) is 0 Å². The summed E-state index contributed by atoms with van der Waals surface area (Å²) in [6.45, 7) is 9.22. The zero-order chi connectivity index (χ0) is 22.1. The fourth-order valence-corrected chi connectivity index (χ4v) is 4.27. The van der Waals surface area contributed by atoms with Gasteiger partial charge in [0.15, 0.2) is 5.79 Å². The van der Waals surface area contributed by atoms with Crippen LogP contribution >= 0.6 is 0 Å². The van der Waals surface area contributed by atoms with Gasteiger partial charge in [0.25, 0.3) is 0 Å². The fraction of sp³-hybridized carbons (Fsp3) is 0.962. The lowest BCUT2D eigenvalue weighted by atomic mass is 9.95. The summed E-state index contributed by atoms with van der Waals surface area (Å²) in [5.74, 6) is 0.303. The Morgan fingerprint density at radius 3 is 1.83 bits per heavy atom. The van der Waals surface area contributed by atoms with Crippen molar-refractivity contribution < 1.29 is 19.0 Å². The van der Waals surface area contributed by atoms with Crippen LogP contribution in [0, 0.1) is 5.92 Å². The molecule has 178 valence electrons. The minimum absolute atomic E-state index is 0.108. The summed E-state index contributed by atoms with van der Waals surface area (Å²) in [7, 11) is 0. The van der Waals surface area contributed by atoms with Gasteiger partial charge in [0.1, 0.15) is 12.7 Å². The van der Waals surface area contributed by atoms with E-state index in [1.54, 1.807) is 0 Å². The number of hydrogen-bond acceptors (Lipinski definition) is 4. The lowest BCUT2D eigenvalue weighted by Crippen LogP contribution is -2.25. The molecule has 0 amide bonds. The molecule has 1 aliphatic heterocycles. The van der Waals surface area contributed by atoms with Crippen molar-refractivity contribution in [3.63, 3.8) is 0 Å². The lowest BCUT2D eigenvalue weighted by molar-refractivity contribution is -0.158. The fourth-order valence-electron chi connectivity index (χ4n) is 4.27. The van der Waals surface area contributed by atoms with Crippen molar-refractivity contribution >= 4 is 5.97 Å². The number of hydrogen-bond donors (Lipinski definition) is 0. The van der Waals surface area contributed by atoms with Crippen LogP contribution in [0.1, 0.15) is 130 Å². The maximum Gasteiger partial charge on any atom is 0.305 e. The van der Waals surface area contributed by atoms with Gasteiger partial charge in [0.05, 0.1) is 6.61 Å². The largest absolute Gasteiger partial charge is 0.463 e. The molecule has 1 heterocycles. The van der Waals surface area contributed by atoms with Gasteiger partial charge in [-0.2, -0.15) is 0 Å². The molecule has 0 aliphatic carbocycles. The number of unbranched alkanes of at least 4 members (excludes halogenated alkanes) is 11. The third-order valence-electron chi connectivity index (χ3n) is 6.40. The van der Waals surface area contributed by atoms with Crippen molar-refractivity contribution in [2.45, 2.75) is 142 Å². The maximum absolute atomic E-state index is 11.8. The first-order valence-corrected chi connectivity index (χ1v) is 12.9. The Morgan fingerprint density at radius 2 is 1.37 bits per heavy atom. The molecular formula is C26H50O4. The third-order valence-corrected chi connectivity index (χ3v) is 6.40. The van der Waals surface area contributed by atoms with Gasteiger partial charge >= 0.3 is 5.97 Å². The van der Waals surface area contributed by atoms with Crippen LogP contribution < -0.4 is 0 Å². The van der Waals surface area contributed by atoms with E-state index in [1.807, 2.05) is 13.8 Å². The Morgan fingerprint density at radius 1 is 0.867 bits per heavy atom. The second kappa shape index (κ2) is 17.0. The summed E-state index contributed by atoms with van der Waals surface area (Å²) in [6.07, 6.45) is 20.3. The minimum Gasteiger partial charge on any atom is -0.463 e. The molecule has 1 atom stereocenters. The van der Waals surface area contributed by atoms with E-state index in [4.69, 9.17) is 14.2 Å². The van der Waals surface area contributed by atoms with E-state index in [1.165, 1.54) is 83.5 Å². The number of carbonyl (C=O) groups is 1. The maximum atomic E-state index is 11.8. The smallest absolute Gasteiger partial charge is 0.305 e. The molecule has 4 nitrogen and oxygen atoms in total. The van der Waals surface area contributed by atoms with E-state index in [0.717, 1.165) is 18.8 Å². The van der Waals surface area contributed by atoms with Crippen molar-refractivity contribution in [3.05, 3.63) is 0 Å². The molecule has 0 radical (unpaired) electrons. The van der Waals surface area contributed by atoms with Crippen LogP contribution in [0.5, 0.6) is 0 Å². The van der Waals surface area contributed by atoms with Crippen molar-refractivity contribution in [2.75, 3.05) is 13.2 Å². The quantitative estimate of drug-likeness (QED) is 0.158. The van der Waals surface area contributed by atoms with Gasteiger partial charge < -0.3 is 14.2 Å². The predicted octanol–water partition coefficient (Wildman–Crippen LogP) is 7.58. The predicted molar refractivity (Wildman–Crippen MR) is 125 cm³/mol. The standard InChI is InChI=1S/C26H50O4/c1-5-23(6-2)19-17-15-13-11-9-7-8-10-12-14-16-18-20-25(27)28-21-24-22-29-26(3,4)30-24/h23-24H,5-22H2,1-4H3.